The van der Waals surface area contributed by atoms with Crippen LogP contribution in [0.4, 0.5) is 0 Å². The van der Waals surface area contributed by atoms with Crippen molar-refractivity contribution in [1.82, 2.24) is 5.32 Å². The van der Waals surface area contributed by atoms with E-state index in [-0.39, 0.29) is 25.0 Å². The Morgan fingerprint density at radius 2 is 2.00 bits per heavy atom. The van der Waals surface area contributed by atoms with Gasteiger partial charge in [0, 0.05) is 9.35 Å². The maximum absolute atomic E-state index is 11.8. The predicted octanol–water partition coefficient (Wildman–Crippen LogP) is 3.47. The predicted molar refractivity (Wildman–Crippen MR) is 89.7 cm³/mol. The first kappa shape index (κ1) is 16.7. The van der Waals surface area contributed by atoms with Gasteiger partial charge in [0.15, 0.2) is 6.61 Å². The number of carbonyl (C=O) groups is 2. The number of carbonyl (C=O) groups excluding carboxylic acids is 2. The molecule has 0 saturated carbocycles. The zero-order chi connectivity index (χ0) is 15.9. The van der Waals surface area contributed by atoms with Crippen molar-refractivity contribution < 1.29 is 14.3 Å². The van der Waals surface area contributed by atoms with E-state index in [0.717, 1.165) is 14.9 Å². The summed E-state index contributed by atoms with van der Waals surface area (Å²) >= 11 is 4.86. The van der Waals surface area contributed by atoms with Crippen molar-refractivity contribution in [3.8, 4) is 0 Å². The van der Waals surface area contributed by atoms with Crippen LogP contribution in [0.25, 0.3) is 0 Å². The van der Waals surface area contributed by atoms with Crippen LogP contribution in [-0.2, 0) is 20.7 Å². The molecule has 1 amide bonds. The molecule has 2 rings (SSSR count). The molecule has 1 heterocycles. The van der Waals surface area contributed by atoms with Gasteiger partial charge < -0.3 is 10.1 Å². The number of hydrogen-bond acceptors (Lipinski definition) is 4. The normalized spacial score (nSPS) is 11.7. The van der Waals surface area contributed by atoms with Crippen molar-refractivity contribution in [2.24, 2.45) is 0 Å². The maximum Gasteiger partial charge on any atom is 0.311 e. The molecule has 1 aromatic carbocycles. The lowest BCUT2D eigenvalue weighted by Crippen LogP contribution is -2.31. The Morgan fingerprint density at radius 3 is 2.64 bits per heavy atom. The first-order valence-electron chi connectivity index (χ1n) is 6.77. The van der Waals surface area contributed by atoms with Crippen molar-refractivity contribution in [3.63, 3.8) is 0 Å². The van der Waals surface area contributed by atoms with Gasteiger partial charge in [-0.1, -0.05) is 34.1 Å². The third kappa shape index (κ3) is 5.27. The lowest BCUT2D eigenvalue weighted by molar-refractivity contribution is -0.148. The van der Waals surface area contributed by atoms with E-state index in [9.17, 15) is 9.59 Å². The van der Waals surface area contributed by atoms with E-state index in [4.69, 9.17) is 4.74 Å². The molecule has 0 radical (unpaired) electrons. The molecule has 1 N–H and O–H groups in total. The highest BCUT2D eigenvalue weighted by Crippen LogP contribution is 2.16. The molecule has 1 atom stereocenters. The van der Waals surface area contributed by atoms with Crippen LogP contribution in [-0.4, -0.2) is 18.5 Å². The summed E-state index contributed by atoms with van der Waals surface area (Å²) in [6.45, 7) is 1.62. The van der Waals surface area contributed by atoms with Crippen molar-refractivity contribution in [2.75, 3.05) is 6.61 Å². The number of nitrogens with one attached hydrogen (secondary N) is 1. The molecule has 0 fully saturated rings. The Balaban J connectivity index is 1.75. The third-order valence-corrected chi connectivity index (χ3v) is 4.42. The van der Waals surface area contributed by atoms with E-state index in [0.29, 0.717) is 0 Å². The molecule has 22 heavy (non-hydrogen) atoms. The first-order chi connectivity index (χ1) is 10.5. The highest BCUT2D eigenvalue weighted by Gasteiger charge is 2.12. The Morgan fingerprint density at radius 1 is 1.27 bits per heavy atom. The van der Waals surface area contributed by atoms with Gasteiger partial charge in [-0.2, -0.15) is 0 Å². The molecule has 0 unspecified atom stereocenters. The molecule has 0 aliphatic heterocycles. The second-order valence-corrected chi connectivity index (χ2v) is 6.71. The second kappa shape index (κ2) is 8.10. The second-order valence-electron chi connectivity index (χ2n) is 4.76. The summed E-state index contributed by atoms with van der Waals surface area (Å²) in [4.78, 5) is 24.3. The first-order valence-corrected chi connectivity index (χ1v) is 8.44. The van der Waals surface area contributed by atoms with E-state index >= 15 is 0 Å². The van der Waals surface area contributed by atoms with Crippen LogP contribution < -0.4 is 5.32 Å². The molecule has 0 saturated heterocycles. The molecule has 2 aromatic rings. The highest BCUT2D eigenvalue weighted by molar-refractivity contribution is 9.10. The van der Waals surface area contributed by atoms with Crippen LogP contribution in [0.1, 0.15) is 23.4 Å². The van der Waals surface area contributed by atoms with E-state index < -0.39 is 5.97 Å². The van der Waals surface area contributed by atoms with Gasteiger partial charge in [-0.15, -0.1) is 11.3 Å². The number of amides is 1. The summed E-state index contributed by atoms with van der Waals surface area (Å²) in [5.74, 6) is -0.705. The molecule has 0 aliphatic rings. The Kier molecular flexibility index (Phi) is 6.15. The van der Waals surface area contributed by atoms with Crippen LogP contribution in [0.15, 0.2) is 46.3 Å². The number of ether oxygens (including phenoxy) is 1. The molecule has 0 aliphatic carbocycles. The lowest BCUT2D eigenvalue weighted by Gasteiger charge is -2.14. The van der Waals surface area contributed by atoms with Crippen LogP contribution in [0, 0.1) is 0 Å². The van der Waals surface area contributed by atoms with Crippen molar-refractivity contribution >= 4 is 39.1 Å². The Hall–Kier alpha value is -1.66. The summed E-state index contributed by atoms with van der Waals surface area (Å²) in [6, 6.07) is 11.3. The number of thiophene rings is 1. The number of esters is 1. The van der Waals surface area contributed by atoms with Gasteiger partial charge in [0.25, 0.3) is 5.91 Å². The fourth-order valence-electron chi connectivity index (χ4n) is 1.87. The highest BCUT2D eigenvalue weighted by atomic mass is 79.9. The Bertz CT molecular complexity index is 625. The van der Waals surface area contributed by atoms with Crippen LogP contribution in [0.3, 0.4) is 0 Å². The van der Waals surface area contributed by atoms with Gasteiger partial charge in [-0.05, 0) is 36.1 Å². The summed E-state index contributed by atoms with van der Waals surface area (Å²) < 4.78 is 5.96. The average molecular weight is 382 g/mol. The largest absolute Gasteiger partial charge is 0.455 e. The zero-order valence-corrected chi connectivity index (χ0v) is 14.4. The fraction of sp³-hybridized carbons (Fsp3) is 0.250. The van der Waals surface area contributed by atoms with Crippen molar-refractivity contribution in [3.05, 3.63) is 56.7 Å². The summed E-state index contributed by atoms with van der Waals surface area (Å²) in [5, 5.41) is 4.70. The maximum atomic E-state index is 11.8. The van der Waals surface area contributed by atoms with Gasteiger partial charge >= 0.3 is 5.97 Å². The SMILES string of the molecule is C[C@@H](NC(=O)COC(=O)Cc1cccs1)c1ccc(Br)cc1. The third-order valence-electron chi connectivity index (χ3n) is 3.01. The number of rotatable bonds is 6. The molecule has 0 spiro atoms. The molecule has 6 heteroatoms. The molecular weight excluding hydrogens is 366 g/mol. The average Bonchev–Trinajstić information content (AvgIpc) is 2.98. The van der Waals surface area contributed by atoms with Gasteiger partial charge in [-0.3, -0.25) is 9.59 Å². The van der Waals surface area contributed by atoms with E-state index in [1.54, 1.807) is 0 Å². The minimum absolute atomic E-state index is 0.142. The zero-order valence-electron chi connectivity index (χ0n) is 12.0. The Labute approximate surface area is 141 Å². The lowest BCUT2D eigenvalue weighted by atomic mass is 10.1. The van der Waals surface area contributed by atoms with E-state index in [1.165, 1.54) is 11.3 Å². The minimum Gasteiger partial charge on any atom is -0.455 e. The topological polar surface area (TPSA) is 55.4 Å². The van der Waals surface area contributed by atoms with Gasteiger partial charge in [0.05, 0.1) is 12.5 Å². The molecule has 1 aromatic heterocycles. The molecule has 4 nitrogen and oxygen atoms in total. The monoisotopic (exact) mass is 381 g/mol. The fourth-order valence-corrected chi connectivity index (χ4v) is 2.83. The quantitative estimate of drug-likeness (QED) is 0.779. The van der Waals surface area contributed by atoms with Gasteiger partial charge in [0.2, 0.25) is 0 Å². The van der Waals surface area contributed by atoms with Gasteiger partial charge in [-0.25, -0.2) is 0 Å². The van der Waals surface area contributed by atoms with Crippen LogP contribution in [0.5, 0.6) is 0 Å². The number of halogens is 1. The van der Waals surface area contributed by atoms with Crippen molar-refractivity contribution in [2.45, 2.75) is 19.4 Å². The molecular formula is C16H16BrNO3S. The minimum atomic E-state index is -0.395. The molecule has 0 bridgehead atoms. The smallest absolute Gasteiger partial charge is 0.311 e. The van der Waals surface area contributed by atoms with E-state index in [2.05, 4.69) is 21.2 Å². The van der Waals surface area contributed by atoms with E-state index in [1.807, 2.05) is 48.7 Å². The van der Waals surface area contributed by atoms with Crippen LogP contribution in [0.2, 0.25) is 0 Å². The summed E-state index contributed by atoms with van der Waals surface area (Å²) in [7, 11) is 0. The van der Waals surface area contributed by atoms with Gasteiger partial charge in [0.1, 0.15) is 0 Å². The number of benzene rings is 1. The standard InChI is InChI=1S/C16H16BrNO3S/c1-11(12-4-6-13(17)7-5-12)18-15(19)10-21-16(20)9-14-3-2-8-22-14/h2-8,11H,9-10H2,1H3,(H,18,19)/t11-/m1/s1. The summed E-state index contributed by atoms with van der Waals surface area (Å²) in [6.07, 6.45) is 0.202. The number of hydrogen-bond donors (Lipinski definition) is 1. The van der Waals surface area contributed by atoms with Crippen molar-refractivity contribution in [1.29, 1.82) is 0 Å². The van der Waals surface area contributed by atoms with Crippen LogP contribution >= 0.6 is 27.3 Å². The summed E-state index contributed by atoms with van der Waals surface area (Å²) in [5.41, 5.74) is 0.987. The molecule has 116 valence electrons.